The van der Waals surface area contributed by atoms with Crippen molar-refractivity contribution in [2.24, 2.45) is 0 Å². The minimum Gasteiger partial charge on any atom is -0.497 e. The predicted octanol–water partition coefficient (Wildman–Crippen LogP) is 2.07. The number of nitrogens with one attached hydrogen (secondary N) is 1. The van der Waals surface area contributed by atoms with Crippen molar-refractivity contribution in [3.63, 3.8) is 0 Å². The van der Waals surface area contributed by atoms with Gasteiger partial charge in [-0.05, 0) is 24.6 Å². The summed E-state index contributed by atoms with van der Waals surface area (Å²) in [7, 11) is 1.58. The quantitative estimate of drug-likeness (QED) is 0.874. The van der Waals surface area contributed by atoms with Crippen LogP contribution in [0.15, 0.2) is 41.2 Å². The molecule has 0 saturated carbocycles. The van der Waals surface area contributed by atoms with Gasteiger partial charge in [-0.15, -0.1) is 0 Å². The van der Waals surface area contributed by atoms with E-state index >= 15 is 0 Å². The van der Waals surface area contributed by atoms with Crippen LogP contribution >= 0.6 is 0 Å². The maximum Gasteiger partial charge on any atom is 0.303 e. The third-order valence-electron chi connectivity index (χ3n) is 2.98. The van der Waals surface area contributed by atoms with E-state index in [0.29, 0.717) is 17.0 Å². The van der Waals surface area contributed by atoms with Crippen molar-refractivity contribution >= 4 is 5.97 Å². The van der Waals surface area contributed by atoms with Gasteiger partial charge in [-0.2, -0.15) is 0 Å². The number of ether oxygens (including phenoxy) is 1. The summed E-state index contributed by atoms with van der Waals surface area (Å²) in [5.74, 6) is -0.209. The van der Waals surface area contributed by atoms with Gasteiger partial charge in [0.15, 0.2) is 0 Å². The molecule has 0 atom stereocenters. The van der Waals surface area contributed by atoms with Gasteiger partial charge < -0.3 is 14.8 Å². The fourth-order valence-electron chi connectivity index (χ4n) is 1.90. The molecule has 1 aromatic heterocycles. The summed E-state index contributed by atoms with van der Waals surface area (Å²) in [6.07, 6.45) is 0.171. The van der Waals surface area contributed by atoms with E-state index in [2.05, 4.69) is 4.98 Å². The molecule has 1 aromatic carbocycles. The maximum atomic E-state index is 11.9. The van der Waals surface area contributed by atoms with E-state index in [4.69, 9.17) is 9.84 Å². The number of aromatic amines is 1. The Labute approximate surface area is 115 Å². The molecule has 0 spiro atoms. The number of rotatable bonds is 5. The van der Waals surface area contributed by atoms with E-state index < -0.39 is 5.97 Å². The second-order valence-corrected chi connectivity index (χ2v) is 4.35. The van der Waals surface area contributed by atoms with E-state index in [0.717, 1.165) is 5.56 Å². The normalized spacial score (nSPS) is 10.2. The van der Waals surface area contributed by atoms with Crippen LogP contribution in [0.2, 0.25) is 0 Å². The molecule has 2 N–H and O–H groups in total. The molecule has 2 aromatic rings. The third kappa shape index (κ3) is 3.26. The number of carboxylic acid groups (broad SMARTS) is 1. The van der Waals surface area contributed by atoms with E-state index in [1.54, 1.807) is 19.2 Å². The second-order valence-electron chi connectivity index (χ2n) is 4.35. The highest BCUT2D eigenvalue weighted by Gasteiger charge is 2.06. The van der Waals surface area contributed by atoms with Crippen molar-refractivity contribution in [2.75, 3.05) is 7.11 Å². The number of aryl methyl sites for hydroxylation is 1. The lowest BCUT2D eigenvalue weighted by atomic mass is 10.1. The van der Waals surface area contributed by atoms with Crippen LogP contribution in [0, 0.1) is 0 Å². The van der Waals surface area contributed by atoms with Crippen molar-refractivity contribution in [1.29, 1.82) is 0 Å². The van der Waals surface area contributed by atoms with Gasteiger partial charge in [0.05, 0.1) is 7.11 Å². The first kappa shape index (κ1) is 13.9. The molecule has 1 heterocycles. The zero-order chi connectivity index (χ0) is 14.5. The van der Waals surface area contributed by atoms with Crippen LogP contribution in [0.4, 0.5) is 0 Å². The fraction of sp³-hybridized carbons (Fsp3) is 0.200. The monoisotopic (exact) mass is 273 g/mol. The Kier molecular flexibility index (Phi) is 4.20. The van der Waals surface area contributed by atoms with Crippen molar-refractivity contribution < 1.29 is 14.6 Å². The smallest absolute Gasteiger partial charge is 0.303 e. The number of benzene rings is 1. The Morgan fingerprint density at radius 1 is 1.30 bits per heavy atom. The van der Waals surface area contributed by atoms with Gasteiger partial charge in [-0.1, -0.05) is 18.2 Å². The number of hydrogen-bond acceptors (Lipinski definition) is 3. The summed E-state index contributed by atoms with van der Waals surface area (Å²) < 4.78 is 5.14. The topological polar surface area (TPSA) is 79.4 Å². The SMILES string of the molecule is COc1cccc(-c2ccc(CCC(=O)O)c(=O)[nH]2)c1. The summed E-state index contributed by atoms with van der Waals surface area (Å²) in [5, 5.41) is 8.63. The first-order valence-corrected chi connectivity index (χ1v) is 6.18. The highest BCUT2D eigenvalue weighted by molar-refractivity contribution is 5.67. The Morgan fingerprint density at radius 3 is 2.75 bits per heavy atom. The molecule has 0 aliphatic carbocycles. The minimum atomic E-state index is -0.915. The molecule has 20 heavy (non-hydrogen) atoms. The third-order valence-corrected chi connectivity index (χ3v) is 2.98. The van der Waals surface area contributed by atoms with Gasteiger partial charge in [0, 0.05) is 23.2 Å². The van der Waals surface area contributed by atoms with Crippen LogP contribution in [0.5, 0.6) is 5.75 Å². The lowest BCUT2D eigenvalue weighted by Crippen LogP contribution is -2.14. The van der Waals surface area contributed by atoms with Crippen LogP contribution < -0.4 is 10.3 Å². The van der Waals surface area contributed by atoms with E-state index in [1.165, 1.54) is 0 Å². The molecule has 0 bridgehead atoms. The Bertz CT molecular complexity index is 676. The number of hydrogen-bond donors (Lipinski definition) is 2. The fourth-order valence-corrected chi connectivity index (χ4v) is 1.90. The average Bonchev–Trinajstić information content (AvgIpc) is 2.46. The van der Waals surface area contributed by atoms with E-state index in [1.807, 2.05) is 24.3 Å². The van der Waals surface area contributed by atoms with E-state index in [-0.39, 0.29) is 18.4 Å². The highest BCUT2D eigenvalue weighted by Crippen LogP contribution is 2.21. The Hall–Kier alpha value is -2.56. The number of methoxy groups -OCH3 is 1. The molecule has 0 radical (unpaired) electrons. The number of carboxylic acids is 1. The zero-order valence-electron chi connectivity index (χ0n) is 11.1. The first-order chi connectivity index (χ1) is 9.60. The second kappa shape index (κ2) is 6.06. The van der Waals surface area contributed by atoms with Crippen LogP contribution in [0.3, 0.4) is 0 Å². The van der Waals surface area contributed by atoms with Gasteiger partial charge in [0.1, 0.15) is 5.75 Å². The van der Waals surface area contributed by atoms with Gasteiger partial charge in [-0.3, -0.25) is 9.59 Å². The molecule has 0 aliphatic heterocycles. The minimum absolute atomic E-state index is 0.0540. The predicted molar refractivity (Wildman–Crippen MR) is 75.0 cm³/mol. The van der Waals surface area contributed by atoms with Gasteiger partial charge in [-0.25, -0.2) is 0 Å². The van der Waals surface area contributed by atoms with Gasteiger partial charge >= 0.3 is 5.97 Å². The lowest BCUT2D eigenvalue weighted by molar-refractivity contribution is -0.136. The zero-order valence-corrected chi connectivity index (χ0v) is 11.1. The van der Waals surface area contributed by atoms with Crippen molar-refractivity contribution in [3.8, 4) is 17.0 Å². The van der Waals surface area contributed by atoms with Gasteiger partial charge in [0.2, 0.25) is 0 Å². The van der Waals surface area contributed by atoms with Crippen LogP contribution in [0.1, 0.15) is 12.0 Å². The standard InChI is InChI=1S/C15H15NO4/c1-20-12-4-2-3-11(9-12)13-7-5-10(15(19)16-13)6-8-14(17)18/h2-5,7,9H,6,8H2,1H3,(H,16,19)(H,17,18). The summed E-state index contributed by atoms with van der Waals surface area (Å²) in [6.45, 7) is 0. The molecular weight excluding hydrogens is 258 g/mol. The summed E-state index contributed by atoms with van der Waals surface area (Å²) in [4.78, 5) is 25.2. The molecule has 0 aliphatic rings. The van der Waals surface area contributed by atoms with Crippen LogP contribution in [0.25, 0.3) is 11.3 Å². The summed E-state index contributed by atoms with van der Waals surface area (Å²) in [5.41, 5.74) is 1.73. The van der Waals surface area contributed by atoms with Gasteiger partial charge in [0.25, 0.3) is 5.56 Å². The largest absolute Gasteiger partial charge is 0.497 e. The molecule has 0 amide bonds. The molecule has 104 valence electrons. The number of aromatic nitrogens is 1. The first-order valence-electron chi connectivity index (χ1n) is 6.18. The lowest BCUT2D eigenvalue weighted by Gasteiger charge is -2.06. The summed E-state index contributed by atoms with van der Waals surface area (Å²) >= 11 is 0. The molecule has 5 nitrogen and oxygen atoms in total. The van der Waals surface area contributed by atoms with Crippen LogP contribution in [-0.2, 0) is 11.2 Å². The van der Waals surface area contributed by atoms with Crippen molar-refractivity contribution in [1.82, 2.24) is 4.98 Å². The van der Waals surface area contributed by atoms with Crippen LogP contribution in [-0.4, -0.2) is 23.2 Å². The maximum absolute atomic E-state index is 11.9. The van der Waals surface area contributed by atoms with Crippen molar-refractivity contribution in [3.05, 3.63) is 52.3 Å². The number of H-pyrrole nitrogens is 1. The highest BCUT2D eigenvalue weighted by atomic mass is 16.5. The number of carbonyl (C=O) groups is 1. The molecule has 0 unspecified atom stereocenters. The molecule has 5 heteroatoms. The molecule has 0 saturated heterocycles. The summed E-state index contributed by atoms with van der Waals surface area (Å²) in [6, 6.07) is 10.8. The number of pyridine rings is 1. The van der Waals surface area contributed by atoms with E-state index in [9.17, 15) is 9.59 Å². The average molecular weight is 273 g/mol. The molecule has 0 fully saturated rings. The van der Waals surface area contributed by atoms with Crippen molar-refractivity contribution in [2.45, 2.75) is 12.8 Å². The number of aliphatic carboxylic acids is 1. The Morgan fingerprint density at radius 2 is 2.10 bits per heavy atom. The molecule has 2 rings (SSSR count). The molecular formula is C15H15NO4. The Balaban J connectivity index is 2.28.